The molecule has 0 heterocycles. The molecule has 0 fully saturated rings. The molecule has 2 nitrogen and oxygen atoms in total. The van der Waals surface area contributed by atoms with Crippen molar-refractivity contribution in [2.75, 3.05) is 5.32 Å². The Morgan fingerprint density at radius 2 is 1.89 bits per heavy atom. The second-order valence-corrected chi connectivity index (χ2v) is 6.01. The summed E-state index contributed by atoms with van der Waals surface area (Å²) in [6, 6.07) is 3.42. The first-order valence-corrected chi connectivity index (χ1v) is 8.04. The third kappa shape index (κ3) is 5.72. The molecule has 0 bridgehead atoms. The van der Waals surface area contributed by atoms with Gasteiger partial charge in [0.1, 0.15) is 0 Å². The fourth-order valence-electron chi connectivity index (χ4n) is 1.72. The van der Waals surface area contributed by atoms with Crippen molar-refractivity contribution < 1.29 is 4.79 Å². The molecule has 0 spiro atoms. The maximum Gasteiger partial charge on any atom is 0.224 e. The predicted octanol–water partition coefficient (Wildman–Crippen LogP) is 6.05. The number of carbonyl (C=O) groups is 1. The van der Waals surface area contributed by atoms with E-state index in [0.717, 1.165) is 12.8 Å². The van der Waals surface area contributed by atoms with E-state index in [1.165, 1.54) is 19.3 Å². The van der Waals surface area contributed by atoms with Crippen LogP contribution in [-0.4, -0.2) is 5.91 Å². The molecule has 1 rings (SSSR count). The number of unbranched alkanes of at least 4 members (excludes halogenated alkanes) is 4. The van der Waals surface area contributed by atoms with Gasteiger partial charge in [-0.05, 0) is 34.5 Å². The Hall–Kier alpha value is -0.250. The van der Waals surface area contributed by atoms with Crippen molar-refractivity contribution in [3.63, 3.8) is 0 Å². The van der Waals surface area contributed by atoms with Crippen LogP contribution in [0.3, 0.4) is 0 Å². The van der Waals surface area contributed by atoms with Crippen molar-refractivity contribution >= 4 is 50.7 Å². The Kier molecular flexibility index (Phi) is 7.81. The number of rotatable bonds is 7. The van der Waals surface area contributed by atoms with Crippen molar-refractivity contribution in [3.05, 3.63) is 26.7 Å². The molecule has 0 radical (unpaired) electrons. The van der Waals surface area contributed by atoms with E-state index < -0.39 is 0 Å². The minimum atomic E-state index is -0.00683. The molecule has 0 saturated heterocycles. The number of nitrogens with one attached hydrogen (secondary N) is 1. The molecule has 0 saturated carbocycles. The zero-order valence-corrected chi connectivity index (χ0v) is 14.0. The van der Waals surface area contributed by atoms with Gasteiger partial charge in [-0.3, -0.25) is 4.79 Å². The zero-order valence-electron chi connectivity index (χ0n) is 10.9. The van der Waals surface area contributed by atoms with Gasteiger partial charge in [0.15, 0.2) is 0 Å². The van der Waals surface area contributed by atoms with Gasteiger partial charge >= 0.3 is 0 Å². The molecule has 0 aromatic heterocycles. The van der Waals surface area contributed by atoms with Gasteiger partial charge in [0.2, 0.25) is 5.91 Å². The molecule has 0 unspecified atom stereocenters. The molecule has 0 aliphatic carbocycles. The average Bonchev–Trinajstić information content (AvgIpc) is 2.39. The standard InChI is InChI=1S/C14H18BrCl2NO/c1-2-3-4-5-6-7-12(19)18-11-9-8-10(16)13(15)14(11)17/h8-9H,2-7H2,1H3,(H,18,19). The first-order chi connectivity index (χ1) is 9.06. The Balaban J connectivity index is 2.42. The maximum atomic E-state index is 11.8. The molecule has 1 amide bonds. The summed E-state index contributed by atoms with van der Waals surface area (Å²) in [5, 5.41) is 3.78. The van der Waals surface area contributed by atoms with E-state index in [1.54, 1.807) is 12.1 Å². The molecule has 106 valence electrons. The van der Waals surface area contributed by atoms with E-state index >= 15 is 0 Å². The lowest BCUT2D eigenvalue weighted by Gasteiger charge is -2.09. The highest BCUT2D eigenvalue weighted by Gasteiger charge is 2.10. The summed E-state index contributed by atoms with van der Waals surface area (Å²) >= 11 is 15.3. The van der Waals surface area contributed by atoms with Crippen LogP contribution >= 0.6 is 39.1 Å². The maximum absolute atomic E-state index is 11.8. The molecule has 19 heavy (non-hydrogen) atoms. The molecule has 5 heteroatoms. The number of hydrogen-bond acceptors (Lipinski definition) is 1. The monoisotopic (exact) mass is 365 g/mol. The first kappa shape index (κ1) is 16.8. The summed E-state index contributed by atoms with van der Waals surface area (Å²) in [5.41, 5.74) is 0.594. The number of benzene rings is 1. The lowest BCUT2D eigenvalue weighted by Crippen LogP contribution is -2.11. The van der Waals surface area contributed by atoms with E-state index in [-0.39, 0.29) is 5.91 Å². The largest absolute Gasteiger partial charge is 0.325 e. The normalized spacial score (nSPS) is 10.5. The van der Waals surface area contributed by atoms with Crippen LogP contribution in [0.4, 0.5) is 5.69 Å². The zero-order chi connectivity index (χ0) is 14.3. The molecule has 1 N–H and O–H groups in total. The third-order valence-electron chi connectivity index (χ3n) is 2.82. The van der Waals surface area contributed by atoms with Crippen molar-refractivity contribution in [2.45, 2.75) is 45.4 Å². The van der Waals surface area contributed by atoms with E-state index in [2.05, 4.69) is 28.2 Å². The number of carbonyl (C=O) groups excluding carboxylic acids is 1. The summed E-state index contributed by atoms with van der Waals surface area (Å²) < 4.78 is 0.608. The number of anilines is 1. The van der Waals surface area contributed by atoms with Crippen LogP contribution < -0.4 is 5.32 Å². The average molecular weight is 367 g/mol. The lowest BCUT2D eigenvalue weighted by molar-refractivity contribution is -0.116. The lowest BCUT2D eigenvalue weighted by atomic mass is 10.1. The second-order valence-electron chi connectivity index (χ2n) is 4.44. The molecular weight excluding hydrogens is 349 g/mol. The first-order valence-electron chi connectivity index (χ1n) is 6.49. The van der Waals surface area contributed by atoms with Crippen LogP contribution in [0.25, 0.3) is 0 Å². The van der Waals surface area contributed by atoms with Gasteiger partial charge in [0.25, 0.3) is 0 Å². The Morgan fingerprint density at radius 3 is 2.58 bits per heavy atom. The molecule has 0 aliphatic heterocycles. The molecule has 0 atom stereocenters. The van der Waals surface area contributed by atoms with Crippen LogP contribution in [-0.2, 0) is 4.79 Å². The minimum Gasteiger partial charge on any atom is -0.325 e. The Morgan fingerprint density at radius 1 is 1.21 bits per heavy atom. The second kappa shape index (κ2) is 8.83. The fraction of sp³-hybridized carbons (Fsp3) is 0.500. The molecule has 1 aromatic carbocycles. The number of hydrogen-bond donors (Lipinski definition) is 1. The van der Waals surface area contributed by atoms with Gasteiger partial charge in [-0.15, -0.1) is 0 Å². The van der Waals surface area contributed by atoms with Gasteiger partial charge in [-0.2, -0.15) is 0 Å². The van der Waals surface area contributed by atoms with Crippen molar-refractivity contribution in [2.24, 2.45) is 0 Å². The quantitative estimate of drug-likeness (QED) is 0.461. The van der Waals surface area contributed by atoms with Crippen molar-refractivity contribution in [1.29, 1.82) is 0 Å². The fourth-order valence-corrected chi connectivity index (χ4v) is 2.49. The van der Waals surface area contributed by atoms with Crippen LogP contribution in [0.5, 0.6) is 0 Å². The Labute approximate surface area is 133 Å². The van der Waals surface area contributed by atoms with Gasteiger partial charge < -0.3 is 5.32 Å². The van der Waals surface area contributed by atoms with Crippen molar-refractivity contribution in [3.8, 4) is 0 Å². The van der Waals surface area contributed by atoms with Crippen LogP contribution in [0.2, 0.25) is 10.0 Å². The molecule has 1 aromatic rings. The van der Waals surface area contributed by atoms with Crippen LogP contribution in [0, 0.1) is 0 Å². The third-order valence-corrected chi connectivity index (χ3v) is 4.80. The smallest absolute Gasteiger partial charge is 0.224 e. The van der Waals surface area contributed by atoms with Crippen LogP contribution in [0.15, 0.2) is 16.6 Å². The molecule has 0 aliphatic rings. The van der Waals surface area contributed by atoms with Crippen molar-refractivity contribution in [1.82, 2.24) is 0 Å². The number of amides is 1. The summed E-state index contributed by atoms with van der Waals surface area (Å²) in [6.07, 6.45) is 6.17. The minimum absolute atomic E-state index is 0.00683. The molecular formula is C14H18BrCl2NO. The van der Waals surface area contributed by atoms with E-state index in [9.17, 15) is 4.79 Å². The predicted molar refractivity (Wildman–Crippen MR) is 86.2 cm³/mol. The van der Waals surface area contributed by atoms with Gasteiger partial charge in [-0.1, -0.05) is 55.8 Å². The van der Waals surface area contributed by atoms with Crippen LogP contribution in [0.1, 0.15) is 45.4 Å². The Bertz CT molecular complexity index is 438. The van der Waals surface area contributed by atoms with Gasteiger partial charge in [-0.25, -0.2) is 0 Å². The van der Waals surface area contributed by atoms with E-state index in [1.807, 2.05) is 0 Å². The van der Waals surface area contributed by atoms with Gasteiger partial charge in [0, 0.05) is 6.42 Å². The SMILES string of the molecule is CCCCCCCC(=O)Nc1ccc(Cl)c(Br)c1Cl. The highest BCUT2D eigenvalue weighted by Crippen LogP contribution is 2.35. The van der Waals surface area contributed by atoms with E-state index in [0.29, 0.717) is 26.6 Å². The summed E-state index contributed by atoms with van der Waals surface area (Å²) in [5.74, 6) is -0.00683. The van der Waals surface area contributed by atoms with E-state index in [4.69, 9.17) is 23.2 Å². The summed E-state index contributed by atoms with van der Waals surface area (Å²) in [6.45, 7) is 2.17. The summed E-state index contributed by atoms with van der Waals surface area (Å²) in [7, 11) is 0. The number of halogens is 3. The van der Waals surface area contributed by atoms with Gasteiger partial charge in [0.05, 0.1) is 20.2 Å². The topological polar surface area (TPSA) is 29.1 Å². The highest BCUT2D eigenvalue weighted by atomic mass is 79.9. The summed E-state index contributed by atoms with van der Waals surface area (Å²) in [4.78, 5) is 11.8. The highest BCUT2D eigenvalue weighted by molar-refractivity contribution is 9.10.